The van der Waals surface area contributed by atoms with Crippen molar-refractivity contribution in [1.29, 1.82) is 0 Å². The molecule has 3 amide bonds. The van der Waals surface area contributed by atoms with E-state index in [0.717, 1.165) is 4.88 Å². The molecule has 12 nitrogen and oxygen atoms in total. The van der Waals surface area contributed by atoms with Gasteiger partial charge in [-0.3, -0.25) is 14.4 Å². The second-order valence-corrected chi connectivity index (χ2v) is 11.2. The van der Waals surface area contributed by atoms with Gasteiger partial charge in [0.25, 0.3) is 15.9 Å². The fourth-order valence-corrected chi connectivity index (χ4v) is 6.05. The van der Waals surface area contributed by atoms with Crippen LogP contribution in [0.2, 0.25) is 0 Å². The van der Waals surface area contributed by atoms with Gasteiger partial charge in [0.2, 0.25) is 11.8 Å². The molecule has 1 aliphatic heterocycles. The van der Waals surface area contributed by atoms with Crippen LogP contribution in [0.1, 0.15) is 28.3 Å². The molecule has 3 aromatic rings. The van der Waals surface area contributed by atoms with Gasteiger partial charge in [0.1, 0.15) is 12.1 Å². The molecule has 3 atom stereocenters. The Hall–Kier alpha value is -3.49. The Morgan fingerprint density at radius 3 is 2.72 bits per heavy atom. The van der Waals surface area contributed by atoms with Crippen molar-refractivity contribution in [2.45, 2.75) is 42.4 Å². The van der Waals surface area contributed by atoms with Crippen LogP contribution in [0, 0.1) is 0 Å². The van der Waals surface area contributed by atoms with Gasteiger partial charge in [0, 0.05) is 37.1 Å². The summed E-state index contributed by atoms with van der Waals surface area (Å²) < 4.78 is 34.9. The molecule has 0 saturated carbocycles. The molecule has 0 aromatic carbocycles. The van der Waals surface area contributed by atoms with Gasteiger partial charge >= 0.3 is 0 Å². The maximum absolute atomic E-state index is 13.4. The summed E-state index contributed by atoms with van der Waals surface area (Å²) in [6, 6.07) is 3.96. The molecular formula is C22H26N6O6S2. The normalized spacial score (nSPS) is 19.1. The minimum Gasteiger partial charge on any atom is -0.459 e. The Morgan fingerprint density at radius 1 is 1.31 bits per heavy atom. The number of primary amides is 1. The number of rotatable bonds is 9. The molecule has 0 spiro atoms. The van der Waals surface area contributed by atoms with Gasteiger partial charge in [-0.25, -0.2) is 18.1 Å². The third-order valence-corrected chi connectivity index (χ3v) is 8.13. The van der Waals surface area contributed by atoms with Crippen molar-refractivity contribution in [3.8, 4) is 0 Å². The van der Waals surface area contributed by atoms with E-state index < -0.39 is 45.9 Å². The number of sulfonamides is 1. The van der Waals surface area contributed by atoms with Crippen LogP contribution in [0.3, 0.4) is 0 Å². The van der Waals surface area contributed by atoms with Gasteiger partial charge < -0.3 is 24.9 Å². The van der Waals surface area contributed by atoms with Crippen LogP contribution in [-0.4, -0.2) is 65.3 Å². The molecule has 1 aliphatic rings. The van der Waals surface area contributed by atoms with E-state index in [9.17, 15) is 22.8 Å². The number of imidazole rings is 1. The van der Waals surface area contributed by atoms with E-state index in [1.54, 1.807) is 13.1 Å². The molecule has 36 heavy (non-hydrogen) atoms. The Bertz CT molecular complexity index is 1320. The van der Waals surface area contributed by atoms with E-state index in [1.807, 2.05) is 17.5 Å². The maximum Gasteiger partial charge on any atom is 0.290 e. The van der Waals surface area contributed by atoms with Gasteiger partial charge in [-0.2, -0.15) is 0 Å². The summed E-state index contributed by atoms with van der Waals surface area (Å²) in [6.45, 7) is 0.0825. The number of nitrogens with two attached hydrogens (primary N) is 1. The van der Waals surface area contributed by atoms with Crippen LogP contribution >= 0.6 is 11.3 Å². The van der Waals surface area contributed by atoms with Crippen molar-refractivity contribution < 1.29 is 27.2 Å². The van der Waals surface area contributed by atoms with Crippen molar-refractivity contribution in [2.24, 2.45) is 12.8 Å². The summed E-state index contributed by atoms with van der Waals surface area (Å²) in [5.74, 6) is -1.80. The summed E-state index contributed by atoms with van der Waals surface area (Å²) >= 11 is 1.42. The number of aromatic nitrogens is 2. The first-order valence-corrected chi connectivity index (χ1v) is 13.5. The van der Waals surface area contributed by atoms with Crippen LogP contribution in [0.15, 0.2) is 57.9 Å². The molecule has 14 heteroatoms. The minimum absolute atomic E-state index is 0.0190. The average molecular weight is 535 g/mol. The highest BCUT2D eigenvalue weighted by Gasteiger charge is 2.40. The number of likely N-dealkylation sites (tertiary alicyclic amines) is 1. The number of hydrogen-bond donors (Lipinski definition) is 3. The van der Waals surface area contributed by atoms with Crippen LogP contribution in [0.5, 0.6) is 0 Å². The number of carbonyl (C=O) groups is 3. The highest BCUT2D eigenvalue weighted by atomic mass is 32.2. The predicted molar refractivity (Wildman–Crippen MR) is 129 cm³/mol. The van der Waals surface area contributed by atoms with E-state index >= 15 is 0 Å². The number of furan rings is 1. The van der Waals surface area contributed by atoms with E-state index in [-0.39, 0.29) is 36.6 Å². The molecule has 4 rings (SSSR count). The number of aryl methyl sites for hydroxylation is 1. The second-order valence-electron chi connectivity index (χ2n) is 8.46. The zero-order valence-electron chi connectivity index (χ0n) is 19.4. The largest absolute Gasteiger partial charge is 0.459 e. The monoisotopic (exact) mass is 534 g/mol. The van der Waals surface area contributed by atoms with Crippen molar-refractivity contribution in [1.82, 2.24) is 24.5 Å². The topological polar surface area (TPSA) is 170 Å². The van der Waals surface area contributed by atoms with Gasteiger partial charge in [0.05, 0.1) is 12.6 Å². The highest BCUT2D eigenvalue weighted by molar-refractivity contribution is 7.89. The van der Waals surface area contributed by atoms with Crippen molar-refractivity contribution in [3.05, 3.63) is 59.1 Å². The Morgan fingerprint density at radius 2 is 2.11 bits per heavy atom. The summed E-state index contributed by atoms with van der Waals surface area (Å²) in [5, 5.41) is 4.35. The smallest absolute Gasteiger partial charge is 0.290 e. The van der Waals surface area contributed by atoms with E-state index in [1.165, 1.54) is 45.7 Å². The van der Waals surface area contributed by atoms with Crippen LogP contribution in [0.25, 0.3) is 0 Å². The number of nitrogens with zero attached hydrogens (tertiary/aromatic N) is 3. The number of hydrogen-bond acceptors (Lipinski definition) is 8. The van der Waals surface area contributed by atoms with Gasteiger partial charge in [0.15, 0.2) is 10.8 Å². The Kier molecular flexibility index (Phi) is 7.56. The second kappa shape index (κ2) is 10.6. The lowest BCUT2D eigenvalue weighted by atomic mass is 9.96. The number of amides is 3. The van der Waals surface area contributed by atoms with Crippen molar-refractivity contribution in [3.63, 3.8) is 0 Å². The molecule has 1 fully saturated rings. The quantitative estimate of drug-likeness (QED) is 0.353. The van der Waals surface area contributed by atoms with Gasteiger partial charge in [-0.1, -0.05) is 6.07 Å². The average Bonchev–Trinajstić information content (AvgIpc) is 3.61. The SMILES string of the molecule is Cn1cnc(S(=O)(=O)NC2CCN(C(=O)c3ccco3)C(C(=O)NC(Cc3cccs3)C(N)=O)C2)c1. The van der Waals surface area contributed by atoms with E-state index in [2.05, 4.69) is 15.0 Å². The first-order chi connectivity index (χ1) is 17.1. The van der Waals surface area contributed by atoms with E-state index in [0.29, 0.717) is 0 Å². The standard InChI is InChI=1S/C22H26N6O6S2/c1-27-12-19(24-13-27)36(32,33)26-14-6-7-28(22(31)18-5-2-8-34-18)17(10-14)21(30)25-16(20(23)29)11-15-4-3-9-35-15/h2-5,8-9,12-14,16-17,26H,6-7,10-11H2,1H3,(H2,23,29)(H,25,30). The zero-order chi connectivity index (χ0) is 25.9. The van der Waals surface area contributed by atoms with Crippen LogP contribution in [0.4, 0.5) is 0 Å². The molecule has 0 bridgehead atoms. The molecular weight excluding hydrogens is 508 g/mol. The lowest BCUT2D eigenvalue weighted by Crippen LogP contribution is -2.59. The Labute approximate surface area is 211 Å². The lowest BCUT2D eigenvalue weighted by molar-refractivity contribution is -0.131. The molecule has 192 valence electrons. The Balaban J connectivity index is 1.54. The number of piperidine rings is 1. The highest BCUT2D eigenvalue weighted by Crippen LogP contribution is 2.23. The fraction of sp³-hybridized carbons (Fsp3) is 0.364. The molecule has 3 unspecified atom stereocenters. The van der Waals surface area contributed by atoms with Gasteiger partial charge in [-0.05, 0) is 36.4 Å². The molecule has 1 saturated heterocycles. The molecule has 0 aliphatic carbocycles. The van der Waals surface area contributed by atoms with Crippen LogP contribution < -0.4 is 15.8 Å². The zero-order valence-corrected chi connectivity index (χ0v) is 21.0. The van der Waals surface area contributed by atoms with Crippen molar-refractivity contribution in [2.75, 3.05) is 6.54 Å². The third kappa shape index (κ3) is 5.83. The first kappa shape index (κ1) is 25.6. The summed E-state index contributed by atoms with van der Waals surface area (Å²) in [7, 11) is -2.30. The summed E-state index contributed by atoms with van der Waals surface area (Å²) in [5.41, 5.74) is 5.53. The van der Waals surface area contributed by atoms with Gasteiger partial charge in [-0.15, -0.1) is 11.3 Å². The predicted octanol–water partition coefficient (Wildman–Crippen LogP) is 0.239. The number of carbonyl (C=O) groups excluding carboxylic acids is 3. The third-order valence-electron chi connectivity index (χ3n) is 5.82. The number of thiophene rings is 1. The maximum atomic E-state index is 13.4. The van der Waals surface area contributed by atoms with E-state index in [4.69, 9.17) is 10.2 Å². The molecule has 4 N–H and O–H groups in total. The molecule has 0 radical (unpaired) electrons. The van der Waals surface area contributed by atoms with Crippen molar-refractivity contribution >= 4 is 39.1 Å². The molecule has 4 heterocycles. The summed E-state index contributed by atoms with van der Waals surface area (Å²) in [6.07, 6.45) is 4.52. The van der Waals surface area contributed by atoms with Crippen LogP contribution in [-0.2, 0) is 33.1 Å². The molecule has 3 aromatic heterocycles. The minimum atomic E-state index is -3.95. The fourth-order valence-electron chi connectivity index (χ4n) is 4.03. The number of nitrogens with one attached hydrogen (secondary N) is 2. The lowest BCUT2D eigenvalue weighted by Gasteiger charge is -2.38. The summed E-state index contributed by atoms with van der Waals surface area (Å²) in [4.78, 5) is 44.6. The first-order valence-electron chi connectivity index (χ1n) is 11.1.